The van der Waals surface area contributed by atoms with Crippen molar-refractivity contribution < 1.29 is 23.8 Å². The van der Waals surface area contributed by atoms with Gasteiger partial charge >= 0.3 is 0 Å². The summed E-state index contributed by atoms with van der Waals surface area (Å²) in [5.74, 6) is 1.48. The number of amides is 2. The molecule has 1 aromatic rings. The van der Waals surface area contributed by atoms with E-state index in [1.54, 1.807) is 19.3 Å². The number of rotatable bonds is 6. The molecule has 0 aromatic heterocycles. The van der Waals surface area contributed by atoms with Crippen LogP contribution in [0.2, 0.25) is 0 Å². The Bertz CT molecular complexity index is 791. The van der Waals surface area contributed by atoms with Crippen LogP contribution in [0.15, 0.2) is 24.3 Å². The molecule has 2 amide bonds. The zero-order valence-corrected chi connectivity index (χ0v) is 19.0. The summed E-state index contributed by atoms with van der Waals surface area (Å²) in [7, 11) is 1.60. The van der Waals surface area contributed by atoms with Gasteiger partial charge in [-0.05, 0) is 57.4 Å². The second-order valence-electron chi connectivity index (χ2n) is 8.28. The molecular weight excluding hydrogens is 396 g/mol. The Labute approximate surface area is 184 Å². The minimum Gasteiger partial charge on any atom is -0.493 e. The predicted molar refractivity (Wildman–Crippen MR) is 119 cm³/mol. The lowest BCUT2D eigenvalue weighted by molar-refractivity contribution is -0.149. The van der Waals surface area contributed by atoms with Gasteiger partial charge in [0.2, 0.25) is 11.8 Å². The molecule has 170 valence electrons. The van der Waals surface area contributed by atoms with E-state index in [0.717, 1.165) is 5.56 Å². The van der Waals surface area contributed by atoms with Crippen LogP contribution in [0.3, 0.4) is 0 Å². The number of carbonyl (C=O) groups excluding carboxylic acids is 2. The topological polar surface area (TPSA) is 68.3 Å². The minimum atomic E-state index is -0.0340. The van der Waals surface area contributed by atoms with E-state index in [9.17, 15) is 9.59 Å². The van der Waals surface area contributed by atoms with Crippen LogP contribution >= 0.6 is 0 Å². The molecule has 2 saturated heterocycles. The van der Waals surface area contributed by atoms with Gasteiger partial charge in [0, 0.05) is 38.2 Å². The number of ether oxygens (including phenoxy) is 3. The summed E-state index contributed by atoms with van der Waals surface area (Å²) in [4.78, 5) is 29.3. The van der Waals surface area contributed by atoms with Crippen LogP contribution in [-0.4, -0.2) is 73.7 Å². The molecule has 2 unspecified atom stereocenters. The fraction of sp³-hybridized carbons (Fsp3) is 0.583. The number of nitrogens with zero attached hydrogens (tertiary/aromatic N) is 2. The maximum absolute atomic E-state index is 12.9. The van der Waals surface area contributed by atoms with Crippen LogP contribution in [0.5, 0.6) is 11.5 Å². The molecule has 0 N–H and O–H groups in total. The Balaban J connectivity index is 1.53. The highest BCUT2D eigenvalue weighted by Crippen LogP contribution is 2.28. The van der Waals surface area contributed by atoms with Crippen LogP contribution in [-0.2, 0) is 14.3 Å². The molecule has 0 radical (unpaired) electrons. The summed E-state index contributed by atoms with van der Waals surface area (Å²) in [5, 5.41) is 0. The largest absolute Gasteiger partial charge is 0.493 e. The molecule has 0 bridgehead atoms. The first-order chi connectivity index (χ1) is 14.9. The van der Waals surface area contributed by atoms with Crippen LogP contribution in [0.1, 0.15) is 39.2 Å². The van der Waals surface area contributed by atoms with Crippen molar-refractivity contribution in [3.8, 4) is 11.5 Å². The zero-order chi connectivity index (χ0) is 22.4. The van der Waals surface area contributed by atoms with Gasteiger partial charge in [0.15, 0.2) is 11.5 Å². The number of methoxy groups -OCH3 is 1. The number of benzene rings is 1. The molecule has 0 spiro atoms. The maximum atomic E-state index is 12.9. The molecule has 2 heterocycles. The van der Waals surface area contributed by atoms with Crippen LogP contribution in [0, 0.1) is 5.92 Å². The summed E-state index contributed by atoms with van der Waals surface area (Å²) < 4.78 is 16.6. The van der Waals surface area contributed by atoms with E-state index in [1.807, 2.05) is 48.8 Å². The van der Waals surface area contributed by atoms with Gasteiger partial charge in [-0.25, -0.2) is 0 Å². The predicted octanol–water partition coefficient (Wildman–Crippen LogP) is 2.98. The Morgan fingerprint density at radius 3 is 2.39 bits per heavy atom. The van der Waals surface area contributed by atoms with E-state index in [4.69, 9.17) is 14.2 Å². The van der Waals surface area contributed by atoms with Crippen molar-refractivity contribution in [1.29, 1.82) is 0 Å². The van der Waals surface area contributed by atoms with Crippen molar-refractivity contribution in [2.75, 3.05) is 39.9 Å². The maximum Gasteiger partial charge on any atom is 0.246 e. The van der Waals surface area contributed by atoms with Crippen molar-refractivity contribution in [2.24, 2.45) is 5.92 Å². The van der Waals surface area contributed by atoms with E-state index >= 15 is 0 Å². The van der Waals surface area contributed by atoms with E-state index in [0.29, 0.717) is 57.1 Å². The fourth-order valence-corrected chi connectivity index (χ4v) is 4.30. The molecule has 3 rings (SSSR count). The number of hydrogen-bond donors (Lipinski definition) is 0. The lowest BCUT2D eigenvalue weighted by atomic mass is 9.94. The minimum absolute atomic E-state index is 0.0131. The van der Waals surface area contributed by atoms with E-state index < -0.39 is 0 Å². The first-order valence-corrected chi connectivity index (χ1v) is 11.1. The third kappa shape index (κ3) is 6.00. The van der Waals surface area contributed by atoms with Gasteiger partial charge in [-0.2, -0.15) is 0 Å². The lowest BCUT2D eigenvalue weighted by Gasteiger charge is -2.39. The van der Waals surface area contributed by atoms with Crippen LogP contribution in [0.25, 0.3) is 6.08 Å². The highest BCUT2D eigenvalue weighted by molar-refractivity contribution is 5.92. The van der Waals surface area contributed by atoms with Gasteiger partial charge in [-0.3, -0.25) is 9.59 Å². The third-order valence-corrected chi connectivity index (χ3v) is 5.79. The Morgan fingerprint density at radius 2 is 1.77 bits per heavy atom. The summed E-state index contributed by atoms with van der Waals surface area (Å²) in [6.45, 7) is 8.96. The first-order valence-electron chi connectivity index (χ1n) is 11.1. The van der Waals surface area contributed by atoms with Crippen molar-refractivity contribution in [3.05, 3.63) is 29.8 Å². The normalized spacial score (nSPS) is 22.6. The molecule has 1 aromatic carbocycles. The number of hydrogen-bond acceptors (Lipinski definition) is 5. The Morgan fingerprint density at radius 1 is 1.10 bits per heavy atom. The molecule has 31 heavy (non-hydrogen) atoms. The second-order valence-corrected chi connectivity index (χ2v) is 8.28. The van der Waals surface area contributed by atoms with Gasteiger partial charge in [0.1, 0.15) is 0 Å². The fourth-order valence-electron chi connectivity index (χ4n) is 4.30. The molecule has 2 aliphatic rings. The molecule has 2 aliphatic heterocycles. The standard InChI is InChI=1S/C24H34N2O5/c1-5-30-22-14-19(6-8-21(22)29-4)7-9-23(27)25-12-10-20(11-13-25)24(28)26-15-17(2)31-18(3)16-26/h6-9,14,17-18,20H,5,10-13,15-16H2,1-4H3. The molecule has 2 fully saturated rings. The molecular formula is C24H34N2O5. The summed E-state index contributed by atoms with van der Waals surface area (Å²) in [6.07, 6.45) is 4.93. The van der Waals surface area contributed by atoms with Gasteiger partial charge in [0.05, 0.1) is 25.9 Å². The zero-order valence-electron chi connectivity index (χ0n) is 19.0. The van der Waals surface area contributed by atoms with Crippen LogP contribution < -0.4 is 9.47 Å². The van der Waals surface area contributed by atoms with Crippen molar-refractivity contribution in [3.63, 3.8) is 0 Å². The molecule has 2 atom stereocenters. The van der Waals surface area contributed by atoms with Crippen molar-refractivity contribution >= 4 is 17.9 Å². The Hall–Kier alpha value is -2.54. The first kappa shape index (κ1) is 23.1. The summed E-state index contributed by atoms with van der Waals surface area (Å²) in [5.41, 5.74) is 0.873. The molecule has 0 aliphatic carbocycles. The summed E-state index contributed by atoms with van der Waals surface area (Å²) in [6, 6.07) is 5.58. The van der Waals surface area contributed by atoms with E-state index in [1.165, 1.54) is 0 Å². The SMILES string of the molecule is CCOc1cc(C=CC(=O)N2CCC(C(=O)N3CC(C)OC(C)C3)CC2)ccc1OC. The van der Waals surface area contributed by atoms with Gasteiger partial charge in [0.25, 0.3) is 0 Å². The Kier molecular flexibility index (Phi) is 7.96. The molecule has 7 heteroatoms. The average Bonchev–Trinajstić information content (AvgIpc) is 2.77. The highest BCUT2D eigenvalue weighted by Gasteiger charge is 2.33. The number of piperidine rings is 1. The smallest absolute Gasteiger partial charge is 0.246 e. The number of likely N-dealkylation sites (tertiary alicyclic amines) is 1. The highest BCUT2D eigenvalue weighted by atomic mass is 16.5. The lowest BCUT2D eigenvalue weighted by Crippen LogP contribution is -2.51. The van der Waals surface area contributed by atoms with Crippen molar-refractivity contribution in [2.45, 2.75) is 45.8 Å². The molecule has 7 nitrogen and oxygen atoms in total. The van der Waals surface area contributed by atoms with Crippen LogP contribution in [0.4, 0.5) is 0 Å². The average molecular weight is 431 g/mol. The number of morpholine rings is 1. The van der Waals surface area contributed by atoms with Crippen molar-refractivity contribution in [1.82, 2.24) is 9.80 Å². The third-order valence-electron chi connectivity index (χ3n) is 5.79. The van der Waals surface area contributed by atoms with Gasteiger partial charge < -0.3 is 24.0 Å². The number of carbonyl (C=O) groups is 2. The quantitative estimate of drug-likeness (QED) is 0.649. The second kappa shape index (κ2) is 10.7. The molecule has 0 saturated carbocycles. The summed E-state index contributed by atoms with van der Waals surface area (Å²) >= 11 is 0. The van der Waals surface area contributed by atoms with Gasteiger partial charge in [-0.1, -0.05) is 6.07 Å². The monoisotopic (exact) mass is 430 g/mol. The van der Waals surface area contributed by atoms with E-state index in [-0.39, 0.29) is 29.9 Å². The van der Waals surface area contributed by atoms with Gasteiger partial charge in [-0.15, -0.1) is 0 Å². The van der Waals surface area contributed by atoms with E-state index in [2.05, 4.69) is 0 Å².